The van der Waals surface area contributed by atoms with E-state index in [1.165, 1.54) is 0 Å². The lowest BCUT2D eigenvalue weighted by Crippen LogP contribution is -2.12. The van der Waals surface area contributed by atoms with Gasteiger partial charge in [0, 0.05) is 21.2 Å². The number of benzene rings is 1. The SMILES string of the molecule is CC(CCO)Sc1cc2c(cc1Br)C(=O)C(=O)N2. The summed E-state index contributed by atoms with van der Waals surface area (Å²) in [5, 5.41) is 11.7. The number of fused-ring (bicyclic) bond motifs is 1. The van der Waals surface area contributed by atoms with Crippen LogP contribution >= 0.6 is 27.7 Å². The summed E-state index contributed by atoms with van der Waals surface area (Å²) in [7, 11) is 0. The van der Waals surface area contributed by atoms with Gasteiger partial charge in [0.15, 0.2) is 0 Å². The number of rotatable bonds is 4. The van der Waals surface area contributed by atoms with Crippen LogP contribution in [0.3, 0.4) is 0 Å². The number of amides is 1. The molecule has 1 aliphatic heterocycles. The molecule has 0 aromatic heterocycles. The Morgan fingerprint density at radius 2 is 2.17 bits per heavy atom. The maximum absolute atomic E-state index is 11.5. The highest BCUT2D eigenvalue weighted by molar-refractivity contribution is 9.10. The van der Waals surface area contributed by atoms with E-state index in [2.05, 4.69) is 21.2 Å². The molecule has 18 heavy (non-hydrogen) atoms. The van der Waals surface area contributed by atoms with Crippen LogP contribution < -0.4 is 5.32 Å². The van der Waals surface area contributed by atoms with E-state index < -0.39 is 11.7 Å². The van der Waals surface area contributed by atoms with Gasteiger partial charge in [0.25, 0.3) is 11.7 Å². The molecule has 2 N–H and O–H groups in total. The number of thioether (sulfide) groups is 1. The van der Waals surface area contributed by atoms with Gasteiger partial charge in [-0.05, 0) is 34.5 Å². The summed E-state index contributed by atoms with van der Waals surface area (Å²) in [6, 6.07) is 3.46. The summed E-state index contributed by atoms with van der Waals surface area (Å²) in [6.07, 6.45) is 0.694. The van der Waals surface area contributed by atoms with Crippen molar-refractivity contribution in [3.63, 3.8) is 0 Å². The molecule has 1 aromatic carbocycles. The van der Waals surface area contributed by atoms with Gasteiger partial charge in [-0.25, -0.2) is 0 Å². The zero-order valence-corrected chi connectivity index (χ0v) is 12.1. The minimum atomic E-state index is -0.581. The first kappa shape index (κ1) is 13.6. The van der Waals surface area contributed by atoms with Crippen LogP contribution in [0.1, 0.15) is 23.7 Å². The highest BCUT2D eigenvalue weighted by Gasteiger charge is 2.29. The van der Waals surface area contributed by atoms with E-state index in [0.29, 0.717) is 17.7 Å². The molecule has 0 aliphatic carbocycles. The molecule has 2 rings (SSSR count). The van der Waals surface area contributed by atoms with Crippen LogP contribution in [0.15, 0.2) is 21.5 Å². The van der Waals surface area contributed by atoms with Crippen molar-refractivity contribution >= 4 is 45.1 Å². The largest absolute Gasteiger partial charge is 0.396 e. The molecule has 0 radical (unpaired) electrons. The summed E-state index contributed by atoms with van der Waals surface area (Å²) in [4.78, 5) is 23.7. The quantitative estimate of drug-likeness (QED) is 0.657. The number of nitrogens with one attached hydrogen (secondary N) is 1. The van der Waals surface area contributed by atoms with Crippen molar-refractivity contribution < 1.29 is 14.7 Å². The Morgan fingerprint density at radius 3 is 2.83 bits per heavy atom. The van der Waals surface area contributed by atoms with Crippen LogP contribution in [0.2, 0.25) is 0 Å². The van der Waals surface area contributed by atoms with E-state index in [4.69, 9.17) is 5.11 Å². The number of carbonyl (C=O) groups excluding carboxylic acids is 2. The topological polar surface area (TPSA) is 66.4 Å². The predicted molar refractivity (Wildman–Crippen MR) is 74.1 cm³/mol. The van der Waals surface area contributed by atoms with E-state index in [-0.39, 0.29) is 11.9 Å². The Bertz CT molecular complexity index is 518. The molecule has 0 spiro atoms. The second-order valence-electron chi connectivity index (χ2n) is 4.05. The normalized spacial score (nSPS) is 15.5. The number of aliphatic hydroxyl groups excluding tert-OH is 1. The first-order valence-electron chi connectivity index (χ1n) is 5.49. The van der Waals surface area contributed by atoms with E-state index in [1.54, 1.807) is 23.9 Å². The molecule has 96 valence electrons. The van der Waals surface area contributed by atoms with Crippen LogP contribution in [0.4, 0.5) is 5.69 Å². The third-order valence-corrected chi connectivity index (χ3v) is 4.78. The monoisotopic (exact) mass is 329 g/mol. The van der Waals surface area contributed by atoms with Crippen molar-refractivity contribution in [3.8, 4) is 0 Å². The fraction of sp³-hybridized carbons (Fsp3) is 0.333. The third-order valence-electron chi connectivity index (χ3n) is 2.63. The molecule has 1 amide bonds. The maximum Gasteiger partial charge on any atom is 0.296 e. The zero-order chi connectivity index (χ0) is 13.3. The number of halogens is 1. The molecular formula is C12H12BrNO3S. The number of hydrogen-bond donors (Lipinski definition) is 2. The molecule has 1 unspecified atom stereocenters. The van der Waals surface area contributed by atoms with Crippen molar-refractivity contribution in [1.29, 1.82) is 0 Å². The van der Waals surface area contributed by atoms with E-state index in [1.807, 2.05) is 6.92 Å². The highest BCUT2D eigenvalue weighted by atomic mass is 79.9. The minimum absolute atomic E-state index is 0.145. The number of ketones is 1. The average molecular weight is 330 g/mol. The summed E-state index contributed by atoms with van der Waals surface area (Å²) in [5.74, 6) is -1.08. The van der Waals surface area contributed by atoms with Crippen molar-refractivity contribution in [1.82, 2.24) is 0 Å². The van der Waals surface area contributed by atoms with Gasteiger partial charge in [-0.3, -0.25) is 9.59 Å². The van der Waals surface area contributed by atoms with Gasteiger partial charge in [-0.15, -0.1) is 11.8 Å². The van der Waals surface area contributed by atoms with Gasteiger partial charge >= 0.3 is 0 Å². The Labute approximate surface area is 117 Å². The number of hydrogen-bond acceptors (Lipinski definition) is 4. The third kappa shape index (κ3) is 2.60. The van der Waals surface area contributed by atoms with Gasteiger partial charge < -0.3 is 10.4 Å². The van der Waals surface area contributed by atoms with Crippen molar-refractivity contribution in [3.05, 3.63) is 22.2 Å². The van der Waals surface area contributed by atoms with Crippen LogP contribution in [0.25, 0.3) is 0 Å². The van der Waals surface area contributed by atoms with Gasteiger partial charge in [0.2, 0.25) is 0 Å². The molecule has 0 bridgehead atoms. The average Bonchev–Trinajstić information content (AvgIpc) is 2.57. The fourth-order valence-electron chi connectivity index (χ4n) is 1.69. The summed E-state index contributed by atoms with van der Waals surface area (Å²) in [6.45, 7) is 2.16. The van der Waals surface area contributed by atoms with Crippen molar-refractivity contribution in [2.24, 2.45) is 0 Å². The molecule has 4 nitrogen and oxygen atoms in total. The molecule has 1 aromatic rings. The fourth-order valence-corrected chi connectivity index (χ4v) is 3.33. The van der Waals surface area contributed by atoms with Gasteiger partial charge in [0.1, 0.15) is 0 Å². The number of Topliss-reactive ketones (excluding diaryl/α,β-unsaturated/α-hetero) is 1. The van der Waals surface area contributed by atoms with Gasteiger partial charge in [-0.2, -0.15) is 0 Å². The molecule has 1 atom stereocenters. The lowest BCUT2D eigenvalue weighted by molar-refractivity contribution is -0.112. The lowest BCUT2D eigenvalue weighted by atomic mass is 10.1. The van der Waals surface area contributed by atoms with Crippen LogP contribution in [-0.2, 0) is 4.79 Å². The summed E-state index contributed by atoms with van der Waals surface area (Å²) < 4.78 is 0.792. The Balaban J connectivity index is 2.27. The van der Waals surface area contributed by atoms with Crippen molar-refractivity contribution in [2.75, 3.05) is 11.9 Å². The molecule has 0 fully saturated rings. The lowest BCUT2D eigenvalue weighted by Gasteiger charge is -2.12. The molecule has 0 saturated carbocycles. The Kier molecular flexibility index (Phi) is 4.09. The van der Waals surface area contributed by atoms with E-state index in [0.717, 1.165) is 9.37 Å². The molecular weight excluding hydrogens is 318 g/mol. The van der Waals surface area contributed by atoms with Crippen LogP contribution in [-0.4, -0.2) is 28.7 Å². The van der Waals surface area contributed by atoms with Gasteiger partial charge in [-0.1, -0.05) is 6.92 Å². The van der Waals surface area contributed by atoms with Crippen LogP contribution in [0, 0.1) is 0 Å². The van der Waals surface area contributed by atoms with Crippen molar-refractivity contribution in [2.45, 2.75) is 23.5 Å². The van der Waals surface area contributed by atoms with E-state index in [9.17, 15) is 9.59 Å². The van der Waals surface area contributed by atoms with Gasteiger partial charge in [0.05, 0.1) is 11.3 Å². The molecule has 0 saturated heterocycles. The smallest absolute Gasteiger partial charge is 0.296 e. The first-order valence-corrected chi connectivity index (χ1v) is 7.17. The molecule has 1 aliphatic rings. The Morgan fingerprint density at radius 1 is 1.44 bits per heavy atom. The molecule has 6 heteroatoms. The maximum atomic E-state index is 11.5. The standard InChI is InChI=1S/C12H12BrNO3S/c1-6(2-3-15)18-10-5-9-7(4-8(10)13)11(16)12(17)14-9/h4-6,15H,2-3H2,1H3,(H,14,16,17). The zero-order valence-electron chi connectivity index (χ0n) is 9.70. The highest BCUT2D eigenvalue weighted by Crippen LogP contribution is 2.37. The van der Waals surface area contributed by atoms with Crippen LogP contribution in [0.5, 0.6) is 0 Å². The van der Waals surface area contributed by atoms with E-state index >= 15 is 0 Å². The number of anilines is 1. The second-order valence-corrected chi connectivity index (χ2v) is 6.39. The first-order chi connectivity index (χ1) is 8.52. The predicted octanol–water partition coefficient (Wildman–Crippen LogP) is 2.45. The number of carbonyl (C=O) groups is 2. The summed E-state index contributed by atoms with van der Waals surface area (Å²) in [5.41, 5.74) is 0.970. The second kappa shape index (κ2) is 5.42. The number of aliphatic hydroxyl groups is 1. The molecule has 1 heterocycles. The Hall–Kier alpha value is -0.850. The summed E-state index contributed by atoms with van der Waals surface area (Å²) >= 11 is 5.00. The minimum Gasteiger partial charge on any atom is -0.396 e.